The SMILES string of the molecule is Cc1ncc(CNC(=O)c2cnc(C(N[SH](=O)=O)c3ccsc3)cn2)s1. The molecule has 0 aliphatic rings. The van der Waals surface area contributed by atoms with Gasteiger partial charge in [-0.05, 0) is 29.3 Å². The van der Waals surface area contributed by atoms with E-state index in [1.807, 2.05) is 17.7 Å². The van der Waals surface area contributed by atoms with Crippen molar-refractivity contribution < 1.29 is 13.2 Å². The molecule has 3 heterocycles. The maximum Gasteiger partial charge on any atom is 0.271 e. The summed E-state index contributed by atoms with van der Waals surface area (Å²) in [5.41, 5.74) is 1.34. The molecule has 0 saturated heterocycles. The van der Waals surface area contributed by atoms with Gasteiger partial charge in [0.1, 0.15) is 5.69 Å². The van der Waals surface area contributed by atoms with Crippen LogP contribution in [0.15, 0.2) is 35.4 Å². The molecule has 0 aromatic carbocycles. The van der Waals surface area contributed by atoms with Crippen LogP contribution in [-0.4, -0.2) is 29.3 Å². The van der Waals surface area contributed by atoms with Crippen molar-refractivity contribution in [3.8, 4) is 0 Å². The van der Waals surface area contributed by atoms with Crippen LogP contribution < -0.4 is 10.0 Å². The monoisotopic (exact) mass is 409 g/mol. The van der Waals surface area contributed by atoms with Gasteiger partial charge in [-0.2, -0.15) is 11.3 Å². The van der Waals surface area contributed by atoms with Crippen molar-refractivity contribution in [2.75, 3.05) is 0 Å². The van der Waals surface area contributed by atoms with Crippen molar-refractivity contribution in [1.29, 1.82) is 0 Å². The number of rotatable bonds is 7. The van der Waals surface area contributed by atoms with E-state index >= 15 is 0 Å². The summed E-state index contributed by atoms with van der Waals surface area (Å²) in [6, 6.07) is 1.17. The fraction of sp³-hybridized carbons (Fsp3) is 0.200. The molecular formula is C15H15N5O3S3. The molecule has 26 heavy (non-hydrogen) atoms. The Bertz CT molecular complexity index is 943. The van der Waals surface area contributed by atoms with Gasteiger partial charge in [-0.3, -0.25) is 9.78 Å². The lowest BCUT2D eigenvalue weighted by Crippen LogP contribution is -2.25. The van der Waals surface area contributed by atoms with Crippen molar-refractivity contribution in [1.82, 2.24) is 25.0 Å². The van der Waals surface area contributed by atoms with Crippen molar-refractivity contribution in [2.24, 2.45) is 0 Å². The van der Waals surface area contributed by atoms with Crippen LogP contribution in [0.1, 0.15) is 37.7 Å². The number of carbonyl (C=O) groups is 1. The van der Waals surface area contributed by atoms with Gasteiger partial charge in [0.05, 0.1) is 35.7 Å². The first-order valence-corrected chi connectivity index (χ1v) is 10.4. The maximum absolute atomic E-state index is 12.2. The quantitative estimate of drug-likeness (QED) is 0.509. The van der Waals surface area contributed by atoms with E-state index in [1.165, 1.54) is 35.1 Å². The molecule has 0 aliphatic heterocycles. The topological polar surface area (TPSA) is 114 Å². The molecular weight excluding hydrogens is 394 g/mol. The van der Waals surface area contributed by atoms with Gasteiger partial charge in [-0.1, -0.05) is 0 Å². The summed E-state index contributed by atoms with van der Waals surface area (Å²) in [4.78, 5) is 25.6. The van der Waals surface area contributed by atoms with Crippen LogP contribution in [0.4, 0.5) is 0 Å². The third-order valence-corrected chi connectivity index (χ3v) is 5.49. The molecule has 0 saturated carbocycles. The van der Waals surface area contributed by atoms with Crippen LogP contribution in [-0.2, 0) is 17.4 Å². The Balaban J connectivity index is 1.71. The number of thiophene rings is 1. The minimum Gasteiger partial charge on any atom is -0.346 e. The number of hydrogen-bond acceptors (Lipinski definition) is 8. The summed E-state index contributed by atoms with van der Waals surface area (Å²) in [5, 5.41) is 7.36. The Morgan fingerprint density at radius 1 is 1.23 bits per heavy atom. The summed E-state index contributed by atoms with van der Waals surface area (Å²) in [6.45, 7) is 2.26. The third-order valence-electron chi connectivity index (χ3n) is 3.40. The maximum atomic E-state index is 12.2. The summed E-state index contributed by atoms with van der Waals surface area (Å²) in [6.07, 6.45) is 4.46. The zero-order valence-corrected chi connectivity index (χ0v) is 16.1. The lowest BCUT2D eigenvalue weighted by Gasteiger charge is -2.13. The van der Waals surface area contributed by atoms with Crippen LogP contribution in [0.25, 0.3) is 0 Å². The molecule has 0 radical (unpaired) electrons. The molecule has 11 heteroatoms. The molecule has 0 fully saturated rings. The Hall–Kier alpha value is -2.21. The Labute approximate surface area is 159 Å². The molecule has 8 nitrogen and oxygen atoms in total. The highest BCUT2D eigenvalue weighted by Crippen LogP contribution is 2.22. The van der Waals surface area contributed by atoms with Gasteiger partial charge in [0.15, 0.2) is 0 Å². The van der Waals surface area contributed by atoms with Gasteiger partial charge in [-0.15, -0.1) is 11.3 Å². The van der Waals surface area contributed by atoms with E-state index in [1.54, 1.807) is 12.3 Å². The zero-order valence-electron chi connectivity index (χ0n) is 13.6. The Kier molecular flexibility index (Phi) is 6.04. The second kappa shape index (κ2) is 8.45. The molecule has 0 aliphatic carbocycles. The smallest absolute Gasteiger partial charge is 0.271 e. The van der Waals surface area contributed by atoms with Gasteiger partial charge in [0.2, 0.25) is 10.9 Å². The van der Waals surface area contributed by atoms with Crippen LogP contribution >= 0.6 is 22.7 Å². The van der Waals surface area contributed by atoms with E-state index in [0.717, 1.165) is 15.4 Å². The molecule has 136 valence electrons. The fourth-order valence-electron chi connectivity index (χ4n) is 2.21. The predicted octanol–water partition coefficient (Wildman–Crippen LogP) is 1.44. The number of aromatic nitrogens is 3. The molecule has 1 atom stereocenters. The number of amides is 1. The highest BCUT2D eigenvalue weighted by Gasteiger charge is 2.18. The highest BCUT2D eigenvalue weighted by molar-refractivity contribution is 7.70. The molecule has 3 aromatic rings. The summed E-state index contributed by atoms with van der Waals surface area (Å²) in [5.74, 6) is -0.356. The number of nitrogens with zero attached hydrogens (tertiary/aromatic N) is 3. The number of nitrogens with one attached hydrogen (secondary N) is 2. The second-order valence-electron chi connectivity index (χ2n) is 5.23. The van der Waals surface area contributed by atoms with Gasteiger partial charge in [0.25, 0.3) is 5.91 Å². The minimum atomic E-state index is -2.82. The van der Waals surface area contributed by atoms with Crippen LogP contribution in [0.5, 0.6) is 0 Å². The predicted molar refractivity (Wildman–Crippen MR) is 99.7 cm³/mol. The first-order chi connectivity index (χ1) is 12.5. The van der Waals surface area contributed by atoms with Crippen molar-refractivity contribution in [2.45, 2.75) is 19.5 Å². The standard InChI is InChI=1S/C15H15N5O3S3/c1-9-16-4-11(25-9)5-19-15(21)13-7-17-12(6-18-13)14(20-26(22)23)10-2-3-24-8-10/h2-4,6-8,14,26H,5H2,1H3,(H,19,21)(H,20,22,23). The van der Waals surface area contributed by atoms with Gasteiger partial charge < -0.3 is 5.32 Å². The van der Waals surface area contributed by atoms with E-state index in [9.17, 15) is 13.2 Å². The number of carbonyl (C=O) groups excluding carboxylic acids is 1. The number of thiazole rings is 1. The Morgan fingerprint density at radius 2 is 2.08 bits per heavy atom. The molecule has 3 rings (SSSR count). The molecule has 1 unspecified atom stereocenters. The summed E-state index contributed by atoms with van der Waals surface area (Å²) < 4.78 is 24.6. The third kappa shape index (κ3) is 4.69. The normalized spacial score (nSPS) is 12.2. The van der Waals surface area contributed by atoms with Crippen LogP contribution in [0.3, 0.4) is 0 Å². The molecule has 0 bridgehead atoms. The number of thiol groups is 1. The lowest BCUT2D eigenvalue weighted by atomic mass is 10.1. The van der Waals surface area contributed by atoms with Gasteiger partial charge in [-0.25, -0.2) is 23.1 Å². The summed E-state index contributed by atoms with van der Waals surface area (Å²) in [7, 11) is -2.82. The number of aryl methyl sites for hydroxylation is 1. The first-order valence-electron chi connectivity index (χ1n) is 7.47. The molecule has 0 spiro atoms. The lowest BCUT2D eigenvalue weighted by molar-refractivity contribution is 0.0946. The van der Waals surface area contributed by atoms with E-state index in [-0.39, 0.29) is 11.6 Å². The van der Waals surface area contributed by atoms with Crippen molar-refractivity contribution in [3.63, 3.8) is 0 Å². The molecule has 1 amide bonds. The van der Waals surface area contributed by atoms with E-state index < -0.39 is 16.9 Å². The largest absolute Gasteiger partial charge is 0.346 e. The van der Waals surface area contributed by atoms with Crippen molar-refractivity contribution >= 4 is 39.5 Å². The zero-order chi connectivity index (χ0) is 18.5. The average Bonchev–Trinajstić information content (AvgIpc) is 3.29. The van der Waals surface area contributed by atoms with Crippen LogP contribution in [0.2, 0.25) is 0 Å². The minimum absolute atomic E-state index is 0.158. The molecule has 2 N–H and O–H groups in total. The second-order valence-corrected chi connectivity index (χ2v) is 8.10. The molecule has 3 aromatic heterocycles. The average molecular weight is 410 g/mol. The van der Waals surface area contributed by atoms with E-state index in [2.05, 4.69) is 25.0 Å². The van der Waals surface area contributed by atoms with Crippen molar-refractivity contribution in [3.05, 3.63) is 62.3 Å². The van der Waals surface area contributed by atoms with E-state index in [0.29, 0.717) is 12.2 Å². The van der Waals surface area contributed by atoms with Crippen LogP contribution in [0, 0.1) is 6.92 Å². The fourth-order valence-corrected chi connectivity index (χ4v) is 4.12. The Morgan fingerprint density at radius 3 is 2.65 bits per heavy atom. The first kappa shape index (κ1) is 18.6. The van der Waals surface area contributed by atoms with Gasteiger partial charge in [0, 0.05) is 11.1 Å². The number of hydrogen-bond donors (Lipinski definition) is 3. The van der Waals surface area contributed by atoms with E-state index in [4.69, 9.17) is 0 Å². The van der Waals surface area contributed by atoms with Gasteiger partial charge >= 0.3 is 0 Å². The highest BCUT2D eigenvalue weighted by atomic mass is 32.2. The summed E-state index contributed by atoms with van der Waals surface area (Å²) >= 11 is 2.96.